The minimum atomic E-state index is -0.466. The molecule has 2 atom stereocenters. The minimum absolute atomic E-state index is 0.128. The molecule has 1 aliphatic rings. The van der Waals surface area contributed by atoms with Crippen LogP contribution in [0.2, 0.25) is 0 Å². The van der Waals surface area contributed by atoms with Crippen LogP contribution in [0.5, 0.6) is 0 Å². The number of esters is 1. The summed E-state index contributed by atoms with van der Waals surface area (Å²) in [5.74, 6) is 0.102. The second-order valence-electron chi connectivity index (χ2n) is 4.19. The molecule has 0 aromatic heterocycles. The maximum absolute atomic E-state index is 12.0. The van der Waals surface area contributed by atoms with Gasteiger partial charge in [0.05, 0.1) is 12.0 Å². The number of rotatable bonds is 4. The van der Waals surface area contributed by atoms with Gasteiger partial charge in [-0.1, -0.05) is 30.3 Å². The predicted molar refractivity (Wildman–Crippen MR) is 61.9 cm³/mol. The van der Waals surface area contributed by atoms with Crippen molar-refractivity contribution in [2.45, 2.75) is 18.8 Å². The molecule has 2 rings (SSSR count). The Hall–Kier alpha value is -1.35. The molecule has 1 aromatic carbocycles. The number of carbonyl (C=O) groups excluding carboxylic acids is 1. The van der Waals surface area contributed by atoms with Gasteiger partial charge >= 0.3 is 5.97 Å². The van der Waals surface area contributed by atoms with Crippen LogP contribution >= 0.6 is 0 Å². The number of benzene rings is 1. The molecule has 0 radical (unpaired) electrons. The third-order valence-electron chi connectivity index (χ3n) is 3.32. The lowest BCUT2D eigenvalue weighted by molar-refractivity contribution is -0.146. The van der Waals surface area contributed by atoms with Crippen LogP contribution in [-0.2, 0) is 14.9 Å². The van der Waals surface area contributed by atoms with E-state index < -0.39 is 5.41 Å². The molecule has 0 aliphatic heterocycles. The van der Waals surface area contributed by atoms with Gasteiger partial charge in [-0.25, -0.2) is 0 Å². The third-order valence-corrected chi connectivity index (χ3v) is 3.32. The monoisotopic (exact) mass is 219 g/mol. The molecule has 0 unspecified atom stereocenters. The fourth-order valence-electron chi connectivity index (χ4n) is 2.33. The highest BCUT2D eigenvalue weighted by Crippen LogP contribution is 2.54. The lowest BCUT2D eigenvalue weighted by Gasteiger charge is -2.15. The van der Waals surface area contributed by atoms with E-state index in [0.717, 1.165) is 12.0 Å². The molecule has 1 aromatic rings. The predicted octanol–water partition coefficient (Wildman–Crippen LogP) is 1.47. The number of hydrogen-bond acceptors (Lipinski definition) is 3. The molecule has 1 saturated carbocycles. The first kappa shape index (κ1) is 11.1. The summed E-state index contributed by atoms with van der Waals surface area (Å²) < 4.78 is 5.16. The fraction of sp³-hybridized carbons (Fsp3) is 0.462. The SMILES string of the molecule is CCOC(=O)[C@]1(c2ccccc2)C[C@@H]1CN. The van der Waals surface area contributed by atoms with Crippen LogP contribution in [0.3, 0.4) is 0 Å². The Morgan fingerprint density at radius 1 is 1.50 bits per heavy atom. The van der Waals surface area contributed by atoms with E-state index in [1.807, 2.05) is 37.3 Å². The van der Waals surface area contributed by atoms with Gasteiger partial charge in [0.2, 0.25) is 0 Å². The van der Waals surface area contributed by atoms with Crippen molar-refractivity contribution in [1.29, 1.82) is 0 Å². The number of hydrogen-bond donors (Lipinski definition) is 1. The van der Waals surface area contributed by atoms with Crippen molar-refractivity contribution < 1.29 is 9.53 Å². The van der Waals surface area contributed by atoms with E-state index in [1.54, 1.807) is 0 Å². The standard InChI is InChI=1S/C13H17NO2/c1-2-16-12(15)13(8-11(13)9-14)10-6-4-3-5-7-10/h3-7,11H,2,8-9,14H2,1H3/t11-,13+/m1/s1. The highest BCUT2D eigenvalue weighted by atomic mass is 16.5. The molecular weight excluding hydrogens is 202 g/mol. The average molecular weight is 219 g/mol. The Morgan fingerprint density at radius 2 is 2.19 bits per heavy atom. The fourth-order valence-corrected chi connectivity index (χ4v) is 2.33. The van der Waals surface area contributed by atoms with Crippen LogP contribution in [0, 0.1) is 5.92 Å². The summed E-state index contributed by atoms with van der Waals surface area (Å²) in [5, 5.41) is 0. The van der Waals surface area contributed by atoms with Crippen molar-refractivity contribution in [1.82, 2.24) is 0 Å². The molecule has 0 spiro atoms. The van der Waals surface area contributed by atoms with Gasteiger partial charge in [0, 0.05) is 0 Å². The van der Waals surface area contributed by atoms with Crippen molar-refractivity contribution in [3.63, 3.8) is 0 Å². The first-order valence-electron chi connectivity index (χ1n) is 5.68. The van der Waals surface area contributed by atoms with Gasteiger partial charge in [-0.3, -0.25) is 4.79 Å². The van der Waals surface area contributed by atoms with Crippen molar-refractivity contribution in [3.8, 4) is 0 Å². The van der Waals surface area contributed by atoms with Gasteiger partial charge in [0.15, 0.2) is 0 Å². The molecule has 0 saturated heterocycles. The van der Waals surface area contributed by atoms with Gasteiger partial charge < -0.3 is 10.5 Å². The Labute approximate surface area is 95.6 Å². The summed E-state index contributed by atoms with van der Waals surface area (Å²) >= 11 is 0. The first-order chi connectivity index (χ1) is 7.75. The number of nitrogens with two attached hydrogens (primary N) is 1. The van der Waals surface area contributed by atoms with E-state index in [2.05, 4.69) is 0 Å². The minimum Gasteiger partial charge on any atom is -0.465 e. The lowest BCUT2D eigenvalue weighted by atomic mass is 9.93. The van der Waals surface area contributed by atoms with Crippen LogP contribution in [0.4, 0.5) is 0 Å². The summed E-state index contributed by atoms with van der Waals surface area (Å²) in [5.41, 5.74) is 6.24. The molecule has 3 heteroatoms. The largest absolute Gasteiger partial charge is 0.465 e. The van der Waals surface area contributed by atoms with Crippen molar-refractivity contribution in [3.05, 3.63) is 35.9 Å². The second-order valence-corrected chi connectivity index (χ2v) is 4.19. The Morgan fingerprint density at radius 3 is 2.69 bits per heavy atom. The van der Waals surface area contributed by atoms with Gasteiger partial charge in [-0.2, -0.15) is 0 Å². The summed E-state index contributed by atoms with van der Waals surface area (Å²) in [6, 6.07) is 9.80. The maximum Gasteiger partial charge on any atom is 0.316 e. The summed E-state index contributed by atoms with van der Waals surface area (Å²) in [6.45, 7) is 2.79. The molecule has 16 heavy (non-hydrogen) atoms. The molecule has 3 nitrogen and oxygen atoms in total. The highest BCUT2D eigenvalue weighted by Gasteiger charge is 2.61. The normalized spacial score (nSPS) is 27.5. The zero-order valence-electron chi connectivity index (χ0n) is 9.48. The van der Waals surface area contributed by atoms with E-state index in [-0.39, 0.29) is 11.9 Å². The molecule has 86 valence electrons. The number of carbonyl (C=O) groups is 1. The zero-order chi connectivity index (χ0) is 11.6. The Kier molecular flexibility index (Phi) is 2.97. The van der Waals surface area contributed by atoms with E-state index in [9.17, 15) is 4.79 Å². The van der Waals surface area contributed by atoms with Crippen molar-refractivity contribution >= 4 is 5.97 Å². The van der Waals surface area contributed by atoms with Gasteiger partial charge in [0.1, 0.15) is 0 Å². The summed E-state index contributed by atoms with van der Waals surface area (Å²) in [6.07, 6.45) is 0.812. The molecular formula is C13H17NO2. The molecule has 1 fully saturated rings. The van der Waals surface area contributed by atoms with Crippen LogP contribution in [0.1, 0.15) is 18.9 Å². The summed E-state index contributed by atoms with van der Waals surface area (Å²) in [4.78, 5) is 12.0. The van der Waals surface area contributed by atoms with E-state index >= 15 is 0 Å². The van der Waals surface area contributed by atoms with Gasteiger partial charge in [0.25, 0.3) is 0 Å². The van der Waals surface area contributed by atoms with Crippen LogP contribution < -0.4 is 5.73 Å². The Bertz CT molecular complexity index is 377. The quantitative estimate of drug-likeness (QED) is 0.780. The summed E-state index contributed by atoms with van der Waals surface area (Å²) in [7, 11) is 0. The molecule has 0 bridgehead atoms. The van der Waals surface area contributed by atoms with Gasteiger partial charge in [-0.15, -0.1) is 0 Å². The molecule has 0 heterocycles. The van der Waals surface area contributed by atoms with Crippen molar-refractivity contribution in [2.75, 3.05) is 13.2 Å². The average Bonchev–Trinajstić information content (AvgIpc) is 3.06. The zero-order valence-corrected chi connectivity index (χ0v) is 9.48. The smallest absolute Gasteiger partial charge is 0.316 e. The van der Waals surface area contributed by atoms with Crippen LogP contribution in [0.25, 0.3) is 0 Å². The van der Waals surface area contributed by atoms with Crippen LogP contribution in [0.15, 0.2) is 30.3 Å². The van der Waals surface area contributed by atoms with E-state index in [0.29, 0.717) is 13.2 Å². The van der Waals surface area contributed by atoms with E-state index in [1.165, 1.54) is 0 Å². The lowest BCUT2D eigenvalue weighted by Crippen LogP contribution is -2.27. The van der Waals surface area contributed by atoms with Crippen LogP contribution in [-0.4, -0.2) is 19.1 Å². The Balaban J connectivity index is 2.28. The maximum atomic E-state index is 12.0. The topological polar surface area (TPSA) is 52.3 Å². The van der Waals surface area contributed by atoms with Crippen molar-refractivity contribution in [2.24, 2.45) is 11.7 Å². The molecule has 2 N–H and O–H groups in total. The number of ether oxygens (including phenoxy) is 1. The highest BCUT2D eigenvalue weighted by molar-refractivity contribution is 5.87. The molecule has 1 aliphatic carbocycles. The third kappa shape index (κ3) is 1.61. The van der Waals surface area contributed by atoms with Gasteiger partial charge in [-0.05, 0) is 31.4 Å². The molecule has 0 amide bonds. The second kappa shape index (κ2) is 4.26. The van der Waals surface area contributed by atoms with E-state index in [4.69, 9.17) is 10.5 Å². The first-order valence-corrected chi connectivity index (χ1v) is 5.68.